The molecule has 4 nitrogen and oxygen atoms in total. The smallest absolute Gasteiger partial charge is 0.430 e. The van der Waals surface area contributed by atoms with E-state index in [1.165, 1.54) is 10.6 Å². The maximum absolute atomic E-state index is 11.6. The molecule has 1 saturated heterocycles. The van der Waals surface area contributed by atoms with E-state index in [2.05, 4.69) is 24.2 Å². The molecule has 0 bridgehead atoms. The van der Waals surface area contributed by atoms with Crippen LogP contribution in [-0.2, 0) is 11.2 Å². The molecule has 1 aromatic carbocycles. The summed E-state index contributed by atoms with van der Waals surface area (Å²) in [6.07, 6.45) is 4.11. The highest BCUT2D eigenvalue weighted by molar-refractivity contribution is 5.71. The first-order valence-electron chi connectivity index (χ1n) is 6.33. The van der Waals surface area contributed by atoms with E-state index in [4.69, 9.17) is 4.74 Å². The maximum Gasteiger partial charge on any atom is 0.430 e. The van der Waals surface area contributed by atoms with Crippen molar-refractivity contribution in [3.8, 4) is 0 Å². The van der Waals surface area contributed by atoms with Crippen LogP contribution in [0.1, 0.15) is 25.3 Å². The number of hydrogen-bond donors (Lipinski definition) is 0. The summed E-state index contributed by atoms with van der Waals surface area (Å²) in [6, 6.07) is 10.1. The molecule has 1 aliphatic heterocycles. The van der Waals surface area contributed by atoms with E-state index in [0.29, 0.717) is 6.61 Å². The van der Waals surface area contributed by atoms with E-state index in [1.807, 2.05) is 18.2 Å². The van der Waals surface area contributed by atoms with E-state index in [0.717, 1.165) is 19.3 Å². The standard InChI is InChI=1S/C14H18N2O2/c1-2-3-9-15-16-13(11-18-14(16)17)10-12-7-5-4-6-8-12/h4-9,13H,2-3,10-11H2,1H3/b15-9+/t13-/m0/s1. The van der Waals surface area contributed by atoms with Crippen molar-refractivity contribution in [2.75, 3.05) is 6.61 Å². The van der Waals surface area contributed by atoms with Crippen LogP contribution in [-0.4, -0.2) is 30.0 Å². The lowest BCUT2D eigenvalue weighted by atomic mass is 10.1. The quantitative estimate of drug-likeness (QED) is 0.750. The third kappa shape index (κ3) is 3.09. The van der Waals surface area contributed by atoms with Gasteiger partial charge in [-0.05, 0) is 18.4 Å². The second kappa shape index (κ2) is 6.19. The molecule has 0 spiro atoms. The molecule has 2 rings (SSSR count). The SMILES string of the molecule is CCC/C=N/N1C(=O)OC[C@@H]1Cc1ccccc1. The Balaban J connectivity index is 2.00. The molecule has 1 atom stereocenters. The van der Waals surface area contributed by atoms with Crippen molar-refractivity contribution in [1.29, 1.82) is 0 Å². The molecule has 1 aromatic rings. The normalized spacial score (nSPS) is 19.5. The van der Waals surface area contributed by atoms with Crippen molar-refractivity contribution >= 4 is 12.3 Å². The van der Waals surface area contributed by atoms with Crippen LogP contribution in [0.5, 0.6) is 0 Å². The Kier molecular flexibility index (Phi) is 4.34. The summed E-state index contributed by atoms with van der Waals surface area (Å²) >= 11 is 0. The van der Waals surface area contributed by atoms with E-state index >= 15 is 0 Å². The average Bonchev–Trinajstić information content (AvgIpc) is 2.73. The van der Waals surface area contributed by atoms with Crippen LogP contribution in [0.25, 0.3) is 0 Å². The number of hydrazone groups is 1. The number of unbranched alkanes of at least 4 members (excludes halogenated alkanes) is 1. The van der Waals surface area contributed by atoms with Gasteiger partial charge in [0.1, 0.15) is 6.61 Å². The fourth-order valence-electron chi connectivity index (χ4n) is 1.90. The topological polar surface area (TPSA) is 41.9 Å². The Hall–Kier alpha value is -1.84. The second-order valence-corrected chi connectivity index (χ2v) is 4.35. The van der Waals surface area contributed by atoms with Gasteiger partial charge in [0, 0.05) is 6.21 Å². The van der Waals surface area contributed by atoms with Gasteiger partial charge in [-0.25, -0.2) is 4.79 Å². The fourth-order valence-corrected chi connectivity index (χ4v) is 1.90. The summed E-state index contributed by atoms with van der Waals surface area (Å²) in [5, 5.41) is 5.67. The summed E-state index contributed by atoms with van der Waals surface area (Å²) in [5.74, 6) is 0. The van der Waals surface area contributed by atoms with Crippen LogP contribution in [0, 0.1) is 0 Å². The van der Waals surface area contributed by atoms with E-state index in [-0.39, 0.29) is 12.1 Å². The van der Waals surface area contributed by atoms with Crippen molar-refractivity contribution in [2.24, 2.45) is 5.10 Å². The van der Waals surface area contributed by atoms with Gasteiger partial charge < -0.3 is 4.74 Å². The monoisotopic (exact) mass is 246 g/mol. The highest BCUT2D eigenvalue weighted by atomic mass is 16.6. The van der Waals surface area contributed by atoms with Gasteiger partial charge in [0.2, 0.25) is 0 Å². The van der Waals surface area contributed by atoms with Gasteiger partial charge >= 0.3 is 6.09 Å². The van der Waals surface area contributed by atoms with Crippen LogP contribution in [0.3, 0.4) is 0 Å². The molecule has 0 N–H and O–H groups in total. The predicted molar refractivity (Wildman–Crippen MR) is 70.5 cm³/mol. The van der Waals surface area contributed by atoms with Crippen LogP contribution in [0.15, 0.2) is 35.4 Å². The number of benzene rings is 1. The number of ether oxygens (including phenoxy) is 1. The van der Waals surface area contributed by atoms with Gasteiger partial charge in [-0.2, -0.15) is 10.1 Å². The molecule has 96 valence electrons. The minimum Gasteiger partial charge on any atom is -0.446 e. The maximum atomic E-state index is 11.6. The number of rotatable bonds is 5. The molecule has 1 heterocycles. The van der Waals surface area contributed by atoms with Crippen LogP contribution < -0.4 is 0 Å². The number of nitrogens with zero attached hydrogens (tertiary/aromatic N) is 2. The lowest BCUT2D eigenvalue weighted by Crippen LogP contribution is -2.30. The predicted octanol–water partition coefficient (Wildman–Crippen LogP) is 2.84. The molecule has 0 unspecified atom stereocenters. The minimum absolute atomic E-state index is 0.00741. The number of carbonyl (C=O) groups excluding carboxylic acids is 1. The van der Waals surface area contributed by atoms with E-state index < -0.39 is 0 Å². The lowest BCUT2D eigenvalue weighted by molar-refractivity contribution is 0.159. The number of amides is 1. The van der Waals surface area contributed by atoms with Gasteiger partial charge in [-0.1, -0.05) is 43.7 Å². The van der Waals surface area contributed by atoms with Gasteiger partial charge in [0.05, 0.1) is 6.04 Å². The molecular formula is C14H18N2O2. The first-order valence-corrected chi connectivity index (χ1v) is 6.33. The first kappa shape index (κ1) is 12.6. The summed E-state index contributed by atoms with van der Waals surface area (Å²) < 4.78 is 5.05. The van der Waals surface area contributed by atoms with Crippen molar-refractivity contribution in [3.63, 3.8) is 0 Å². The zero-order valence-electron chi connectivity index (χ0n) is 10.6. The molecule has 1 fully saturated rings. The van der Waals surface area contributed by atoms with Crippen LogP contribution in [0.2, 0.25) is 0 Å². The molecule has 0 aliphatic carbocycles. The Morgan fingerprint density at radius 3 is 2.94 bits per heavy atom. The van der Waals surface area contributed by atoms with Crippen molar-refractivity contribution in [2.45, 2.75) is 32.2 Å². The number of hydrogen-bond acceptors (Lipinski definition) is 3. The van der Waals surface area contributed by atoms with Crippen molar-refractivity contribution in [1.82, 2.24) is 5.01 Å². The summed E-state index contributed by atoms with van der Waals surface area (Å²) in [6.45, 7) is 2.49. The number of cyclic esters (lactones) is 1. The molecule has 0 saturated carbocycles. The molecule has 18 heavy (non-hydrogen) atoms. The highest BCUT2D eigenvalue weighted by Gasteiger charge is 2.32. The van der Waals surface area contributed by atoms with Crippen LogP contribution >= 0.6 is 0 Å². The summed E-state index contributed by atoms with van der Waals surface area (Å²) in [5.41, 5.74) is 1.19. The molecular weight excluding hydrogens is 228 g/mol. The largest absolute Gasteiger partial charge is 0.446 e. The van der Waals surface area contributed by atoms with Gasteiger partial charge in [-0.3, -0.25) is 0 Å². The molecule has 4 heteroatoms. The molecule has 0 radical (unpaired) electrons. The molecule has 1 amide bonds. The van der Waals surface area contributed by atoms with Gasteiger partial charge in [0.25, 0.3) is 0 Å². The highest BCUT2D eigenvalue weighted by Crippen LogP contribution is 2.17. The third-order valence-electron chi connectivity index (χ3n) is 2.87. The Morgan fingerprint density at radius 2 is 2.22 bits per heavy atom. The van der Waals surface area contributed by atoms with Gasteiger partial charge in [0.15, 0.2) is 0 Å². The lowest BCUT2D eigenvalue weighted by Gasteiger charge is -2.15. The third-order valence-corrected chi connectivity index (χ3v) is 2.87. The Labute approximate surface area is 107 Å². The molecule has 1 aliphatic rings. The summed E-state index contributed by atoms with van der Waals surface area (Å²) in [7, 11) is 0. The average molecular weight is 246 g/mol. The second-order valence-electron chi connectivity index (χ2n) is 4.35. The minimum atomic E-state index is -0.344. The molecule has 0 aromatic heterocycles. The van der Waals surface area contributed by atoms with Crippen molar-refractivity contribution < 1.29 is 9.53 Å². The van der Waals surface area contributed by atoms with Crippen LogP contribution in [0.4, 0.5) is 4.79 Å². The fraction of sp³-hybridized carbons (Fsp3) is 0.429. The number of carbonyl (C=O) groups is 1. The Morgan fingerprint density at radius 1 is 1.44 bits per heavy atom. The Bertz CT molecular complexity index is 417. The van der Waals surface area contributed by atoms with E-state index in [1.54, 1.807) is 6.21 Å². The first-order chi connectivity index (χ1) is 8.81. The van der Waals surface area contributed by atoms with Gasteiger partial charge in [-0.15, -0.1) is 0 Å². The summed E-state index contributed by atoms with van der Waals surface area (Å²) in [4.78, 5) is 11.6. The zero-order valence-corrected chi connectivity index (χ0v) is 10.6. The van der Waals surface area contributed by atoms with Crippen molar-refractivity contribution in [3.05, 3.63) is 35.9 Å². The van der Waals surface area contributed by atoms with E-state index in [9.17, 15) is 4.79 Å². The zero-order chi connectivity index (χ0) is 12.8.